The van der Waals surface area contributed by atoms with Crippen molar-refractivity contribution in [2.45, 2.75) is 44.6 Å². The number of hydrogen-bond donors (Lipinski definition) is 1. The van der Waals surface area contributed by atoms with Crippen LogP contribution in [0.5, 0.6) is 0 Å². The Kier molecular flexibility index (Phi) is 4.18. The minimum absolute atomic E-state index is 0.227. The number of carbonyl (C=O) groups is 1. The molecule has 0 radical (unpaired) electrons. The van der Waals surface area contributed by atoms with E-state index in [1.165, 1.54) is 17.4 Å². The maximum absolute atomic E-state index is 12.1. The van der Waals surface area contributed by atoms with Gasteiger partial charge in [0.15, 0.2) is 0 Å². The Morgan fingerprint density at radius 3 is 2.61 bits per heavy atom. The first-order valence-electron chi connectivity index (χ1n) is 6.65. The molecule has 0 saturated heterocycles. The van der Waals surface area contributed by atoms with E-state index >= 15 is 0 Å². The van der Waals surface area contributed by atoms with Crippen LogP contribution in [0.1, 0.15) is 48.9 Å². The summed E-state index contributed by atoms with van der Waals surface area (Å²) >= 11 is 0. The van der Waals surface area contributed by atoms with E-state index in [1.807, 2.05) is 0 Å². The zero-order chi connectivity index (χ0) is 13.0. The molecule has 1 aromatic rings. The zero-order valence-corrected chi connectivity index (χ0v) is 10.8. The van der Waals surface area contributed by atoms with E-state index in [-0.39, 0.29) is 23.1 Å². The van der Waals surface area contributed by atoms with Crippen molar-refractivity contribution in [3.8, 4) is 0 Å². The van der Waals surface area contributed by atoms with E-state index in [4.69, 9.17) is 0 Å². The van der Waals surface area contributed by atoms with Gasteiger partial charge in [0, 0.05) is 19.3 Å². The van der Waals surface area contributed by atoms with Crippen LogP contribution in [0.2, 0.25) is 0 Å². The highest BCUT2D eigenvalue weighted by atomic mass is 16.2. The first kappa shape index (κ1) is 12.9. The Bertz CT molecular complexity index is 471. The molecule has 0 unspecified atom stereocenters. The van der Waals surface area contributed by atoms with Crippen molar-refractivity contribution in [1.82, 2.24) is 9.88 Å². The van der Waals surface area contributed by atoms with Gasteiger partial charge in [-0.25, -0.2) is 0 Å². The van der Waals surface area contributed by atoms with Crippen LogP contribution in [0.4, 0.5) is 0 Å². The van der Waals surface area contributed by atoms with Crippen molar-refractivity contribution < 1.29 is 4.79 Å². The molecule has 0 aliphatic heterocycles. The summed E-state index contributed by atoms with van der Waals surface area (Å²) in [6.07, 6.45) is 8.54. The summed E-state index contributed by atoms with van der Waals surface area (Å²) in [5.41, 5.74) is 0.00729. The third kappa shape index (κ3) is 3.00. The molecule has 0 spiro atoms. The molecule has 1 aliphatic carbocycles. The number of nitrogens with zero attached hydrogens (tertiary/aromatic N) is 1. The molecular weight excluding hydrogens is 228 g/mol. The molecule has 1 saturated carbocycles. The Balaban J connectivity index is 2.07. The zero-order valence-electron chi connectivity index (χ0n) is 10.8. The quantitative estimate of drug-likeness (QED) is 0.812. The molecular formula is C14H20N2O2. The first-order chi connectivity index (χ1) is 8.68. The van der Waals surface area contributed by atoms with Crippen molar-refractivity contribution in [2.24, 2.45) is 7.05 Å². The van der Waals surface area contributed by atoms with Crippen LogP contribution in [-0.2, 0) is 7.05 Å². The van der Waals surface area contributed by atoms with Gasteiger partial charge in [0.2, 0.25) is 0 Å². The predicted octanol–water partition coefficient (Wildman–Crippen LogP) is 1.84. The summed E-state index contributed by atoms with van der Waals surface area (Å²) in [7, 11) is 1.66. The molecule has 0 bridgehead atoms. The van der Waals surface area contributed by atoms with Crippen LogP contribution in [0.3, 0.4) is 0 Å². The fraction of sp³-hybridized carbons (Fsp3) is 0.571. The minimum Gasteiger partial charge on any atom is -0.349 e. The average Bonchev–Trinajstić information content (AvgIpc) is 2.61. The van der Waals surface area contributed by atoms with Crippen LogP contribution < -0.4 is 10.9 Å². The van der Waals surface area contributed by atoms with E-state index in [0.29, 0.717) is 0 Å². The fourth-order valence-corrected chi connectivity index (χ4v) is 2.46. The fourth-order valence-electron chi connectivity index (χ4n) is 2.46. The number of carbonyl (C=O) groups excluding carboxylic acids is 1. The van der Waals surface area contributed by atoms with Gasteiger partial charge in [-0.2, -0.15) is 0 Å². The smallest absolute Gasteiger partial charge is 0.263 e. The van der Waals surface area contributed by atoms with Gasteiger partial charge in [-0.1, -0.05) is 25.7 Å². The second-order valence-corrected chi connectivity index (χ2v) is 5.00. The lowest BCUT2D eigenvalue weighted by Gasteiger charge is -2.16. The Morgan fingerprint density at radius 1 is 1.28 bits per heavy atom. The normalized spacial score (nSPS) is 17.2. The molecule has 1 aliphatic rings. The number of pyridine rings is 1. The Labute approximate surface area is 107 Å². The lowest BCUT2D eigenvalue weighted by atomic mass is 10.1. The largest absolute Gasteiger partial charge is 0.349 e. The number of nitrogens with one attached hydrogen (secondary N) is 1. The molecule has 1 amide bonds. The topological polar surface area (TPSA) is 51.1 Å². The van der Waals surface area contributed by atoms with E-state index in [1.54, 1.807) is 25.4 Å². The van der Waals surface area contributed by atoms with Crippen LogP contribution >= 0.6 is 0 Å². The monoisotopic (exact) mass is 248 g/mol. The second kappa shape index (κ2) is 5.85. The lowest BCUT2D eigenvalue weighted by Crippen LogP contribution is -2.38. The third-order valence-electron chi connectivity index (χ3n) is 3.56. The molecule has 0 atom stereocenters. The number of aryl methyl sites for hydroxylation is 1. The van der Waals surface area contributed by atoms with Crippen LogP contribution in [0.15, 0.2) is 23.1 Å². The number of rotatable bonds is 2. The molecule has 1 fully saturated rings. The minimum atomic E-state index is -0.233. The maximum atomic E-state index is 12.1. The van der Waals surface area contributed by atoms with E-state index in [2.05, 4.69) is 5.32 Å². The summed E-state index contributed by atoms with van der Waals surface area (Å²) < 4.78 is 1.43. The Morgan fingerprint density at radius 2 is 1.94 bits per heavy atom. The van der Waals surface area contributed by atoms with E-state index in [9.17, 15) is 9.59 Å². The summed E-state index contributed by atoms with van der Waals surface area (Å²) in [4.78, 5) is 23.9. The molecule has 1 aromatic heterocycles. The SMILES string of the molecule is Cn1cccc(C(=O)NC2CCCCCC2)c1=O. The van der Waals surface area contributed by atoms with Gasteiger partial charge in [-0.3, -0.25) is 9.59 Å². The van der Waals surface area contributed by atoms with Crippen LogP contribution in [0.25, 0.3) is 0 Å². The summed E-state index contributed by atoms with van der Waals surface area (Å²) in [6, 6.07) is 3.54. The van der Waals surface area contributed by atoms with Crippen molar-refractivity contribution >= 4 is 5.91 Å². The van der Waals surface area contributed by atoms with Crippen molar-refractivity contribution in [2.75, 3.05) is 0 Å². The molecule has 0 aromatic carbocycles. The van der Waals surface area contributed by atoms with Gasteiger partial charge < -0.3 is 9.88 Å². The summed E-state index contributed by atoms with van der Waals surface area (Å²) in [5.74, 6) is -0.233. The molecule has 1 N–H and O–H groups in total. The second-order valence-electron chi connectivity index (χ2n) is 5.00. The first-order valence-corrected chi connectivity index (χ1v) is 6.65. The highest BCUT2D eigenvalue weighted by Gasteiger charge is 2.17. The van der Waals surface area contributed by atoms with Gasteiger partial charge in [0.25, 0.3) is 11.5 Å². The third-order valence-corrected chi connectivity index (χ3v) is 3.56. The van der Waals surface area contributed by atoms with Gasteiger partial charge >= 0.3 is 0 Å². The van der Waals surface area contributed by atoms with Gasteiger partial charge in [0.1, 0.15) is 5.56 Å². The van der Waals surface area contributed by atoms with Crippen molar-refractivity contribution in [3.05, 3.63) is 34.2 Å². The van der Waals surface area contributed by atoms with E-state index in [0.717, 1.165) is 25.7 Å². The molecule has 18 heavy (non-hydrogen) atoms. The standard InChI is InChI=1S/C14H20N2O2/c1-16-10-6-9-12(14(16)18)13(17)15-11-7-4-2-3-5-8-11/h6,9-11H,2-5,7-8H2,1H3,(H,15,17). The van der Waals surface area contributed by atoms with Gasteiger partial charge in [-0.05, 0) is 25.0 Å². The maximum Gasteiger partial charge on any atom is 0.263 e. The summed E-state index contributed by atoms with van der Waals surface area (Å²) in [5, 5.41) is 2.99. The van der Waals surface area contributed by atoms with Crippen LogP contribution in [0, 0.1) is 0 Å². The molecule has 4 heteroatoms. The lowest BCUT2D eigenvalue weighted by molar-refractivity contribution is 0.0931. The molecule has 4 nitrogen and oxygen atoms in total. The van der Waals surface area contributed by atoms with Crippen molar-refractivity contribution in [1.29, 1.82) is 0 Å². The predicted molar refractivity (Wildman–Crippen MR) is 70.6 cm³/mol. The van der Waals surface area contributed by atoms with Crippen LogP contribution in [-0.4, -0.2) is 16.5 Å². The highest BCUT2D eigenvalue weighted by molar-refractivity contribution is 5.93. The number of hydrogen-bond acceptors (Lipinski definition) is 2. The Hall–Kier alpha value is -1.58. The number of aromatic nitrogens is 1. The number of amides is 1. The molecule has 1 heterocycles. The average molecular weight is 248 g/mol. The summed E-state index contributed by atoms with van der Waals surface area (Å²) in [6.45, 7) is 0. The van der Waals surface area contributed by atoms with Gasteiger partial charge in [0.05, 0.1) is 0 Å². The van der Waals surface area contributed by atoms with E-state index < -0.39 is 0 Å². The van der Waals surface area contributed by atoms with Crippen molar-refractivity contribution in [3.63, 3.8) is 0 Å². The molecule has 98 valence electrons. The van der Waals surface area contributed by atoms with Gasteiger partial charge in [-0.15, -0.1) is 0 Å². The molecule has 2 rings (SSSR count). The highest BCUT2D eigenvalue weighted by Crippen LogP contribution is 2.17.